The largest absolute Gasteiger partial charge is 0.496 e. The van der Waals surface area contributed by atoms with Crippen molar-refractivity contribution in [2.45, 2.75) is 11.8 Å². The Labute approximate surface area is 210 Å². The molecular weight excluding hydrogens is 486 g/mol. The van der Waals surface area contributed by atoms with Crippen LogP contribution in [0.2, 0.25) is 0 Å². The second-order valence-corrected chi connectivity index (χ2v) is 9.20. The van der Waals surface area contributed by atoms with Crippen molar-refractivity contribution in [3.8, 4) is 11.5 Å². The van der Waals surface area contributed by atoms with E-state index in [9.17, 15) is 13.2 Å². The molecule has 35 heavy (non-hydrogen) atoms. The minimum atomic E-state index is -3.78. The first-order valence-corrected chi connectivity index (χ1v) is 12.5. The summed E-state index contributed by atoms with van der Waals surface area (Å²) in [6, 6.07) is 19.9. The number of carbonyl (C=O) groups excluding carboxylic acids is 1. The Hall–Kier alpha value is -3.89. The number of thiocarbonyl (C=S) groups is 1. The van der Waals surface area contributed by atoms with Gasteiger partial charge < -0.3 is 14.8 Å². The number of ether oxygens (including phenoxy) is 2. The molecule has 3 aromatic rings. The second-order valence-electron chi connectivity index (χ2n) is 7.11. The van der Waals surface area contributed by atoms with E-state index in [1.54, 1.807) is 55.7 Å². The predicted octanol–water partition coefficient (Wildman–Crippen LogP) is 4.42. The minimum absolute atomic E-state index is 0.0720. The lowest BCUT2D eigenvalue weighted by atomic mass is 10.2. The van der Waals surface area contributed by atoms with E-state index >= 15 is 0 Å². The Balaban J connectivity index is 1.56. The third-order valence-electron chi connectivity index (χ3n) is 4.63. The van der Waals surface area contributed by atoms with Gasteiger partial charge in [-0.25, -0.2) is 8.42 Å². The summed E-state index contributed by atoms with van der Waals surface area (Å²) in [6.07, 6.45) is 2.96. The van der Waals surface area contributed by atoms with Crippen LogP contribution in [0, 0.1) is 0 Å². The summed E-state index contributed by atoms with van der Waals surface area (Å²) in [7, 11) is -2.23. The van der Waals surface area contributed by atoms with E-state index in [-0.39, 0.29) is 10.0 Å². The third-order valence-corrected chi connectivity index (χ3v) is 6.23. The maximum atomic E-state index is 12.7. The van der Waals surface area contributed by atoms with E-state index in [0.29, 0.717) is 29.5 Å². The first kappa shape index (κ1) is 25.7. The summed E-state index contributed by atoms with van der Waals surface area (Å²) in [4.78, 5) is 12.2. The van der Waals surface area contributed by atoms with Crippen LogP contribution < -0.4 is 24.8 Å². The highest BCUT2D eigenvalue weighted by Crippen LogP contribution is 2.21. The van der Waals surface area contributed by atoms with Gasteiger partial charge in [0.1, 0.15) is 11.5 Å². The second kappa shape index (κ2) is 12.0. The zero-order chi connectivity index (χ0) is 25.3. The molecule has 3 aromatic carbocycles. The Morgan fingerprint density at radius 3 is 2.29 bits per heavy atom. The molecule has 0 aliphatic rings. The molecule has 0 atom stereocenters. The van der Waals surface area contributed by atoms with Crippen LogP contribution >= 0.6 is 12.2 Å². The van der Waals surface area contributed by atoms with Gasteiger partial charge in [-0.15, -0.1) is 0 Å². The van der Waals surface area contributed by atoms with E-state index in [0.717, 1.165) is 5.56 Å². The molecule has 0 fully saturated rings. The third kappa shape index (κ3) is 7.56. The van der Waals surface area contributed by atoms with Crippen LogP contribution in [0.5, 0.6) is 11.5 Å². The Bertz CT molecular complexity index is 1310. The maximum absolute atomic E-state index is 12.7. The van der Waals surface area contributed by atoms with Crippen LogP contribution in [0.15, 0.2) is 83.8 Å². The maximum Gasteiger partial charge on any atom is 0.261 e. The monoisotopic (exact) mass is 511 g/mol. The molecule has 0 bridgehead atoms. The van der Waals surface area contributed by atoms with Gasteiger partial charge >= 0.3 is 0 Å². The number of sulfonamides is 1. The van der Waals surface area contributed by atoms with Crippen LogP contribution in [0.25, 0.3) is 6.08 Å². The SMILES string of the molecule is CCOc1ccc(NS(=O)(=O)c2ccc(NC(=S)NC(=O)/C=C/c3ccccc3OC)cc2)cc1. The van der Waals surface area contributed by atoms with E-state index < -0.39 is 15.9 Å². The number of hydrogen-bond acceptors (Lipinski definition) is 6. The number of amides is 1. The number of hydrogen-bond donors (Lipinski definition) is 3. The minimum Gasteiger partial charge on any atom is -0.496 e. The molecule has 8 nitrogen and oxygen atoms in total. The van der Waals surface area contributed by atoms with Gasteiger partial charge in [0.05, 0.1) is 18.6 Å². The van der Waals surface area contributed by atoms with Gasteiger partial charge in [0, 0.05) is 23.0 Å². The van der Waals surface area contributed by atoms with Crippen molar-refractivity contribution in [1.29, 1.82) is 0 Å². The fourth-order valence-electron chi connectivity index (χ4n) is 3.00. The summed E-state index contributed by atoms with van der Waals surface area (Å²) >= 11 is 5.17. The number of benzene rings is 3. The molecule has 1 amide bonds. The van der Waals surface area contributed by atoms with E-state index in [1.807, 2.05) is 25.1 Å². The lowest BCUT2D eigenvalue weighted by Gasteiger charge is -2.11. The molecule has 0 radical (unpaired) electrons. The Morgan fingerprint density at radius 1 is 0.971 bits per heavy atom. The molecular formula is C25H25N3O5S2. The average Bonchev–Trinajstić information content (AvgIpc) is 2.84. The molecule has 182 valence electrons. The number of carbonyl (C=O) groups is 1. The molecule has 0 aliphatic heterocycles. The molecule has 0 aromatic heterocycles. The Kier molecular flexibility index (Phi) is 8.82. The van der Waals surface area contributed by atoms with Crippen molar-refractivity contribution < 1.29 is 22.7 Å². The van der Waals surface area contributed by atoms with Gasteiger partial charge in [-0.1, -0.05) is 18.2 Å². The van der Waals surface area contributed by atoms with E-state index in [1.165, 1.54) is 18.2 Å². The fourth-order valence-corrected chi connectivity index (χ4v) is 4.28. The van der Waals surface area contributed by atoms with Gasteiger partial charge in [0.15, 0.2) is 5.11 Å². The van der Waals surface area contributed by atoms with Crippen molar-refractivity contribution in [3.05, 3.63) is 84.4 Å². The number of anilines is 2. The molecule has 10 heteroatoms. The van der Waals surface area contributed by atoms with Gasteiger partial charge in [0.2, 0.25) is 5.91 Å². The molecule has 0 spiro atoms. The smallest absolute Gasteiger partial charge is 0.261 e. The van der Waals surface area contributed by atoms with Crippen molar-refractivity contribution >= 4 is 50.7 Å². The van der Waals surface area contributed by atoms with Crippen LogP contribution in [0.4, 0.5) is 11.4 Å². The summed E-state index contributed by atoms with van der Waals surface area (Å²) < 4.78 is 38.5. The highest BCUT2D eigenvalue weighted by molar-refractivity contribution is 7.92. The van der Waals surface area contributed by atoms with Gasteiger partial charge in [-0.2, -0.15) is 0 Å². The van der Waals surface area contributed by atoms with Crippen LogP contribution in [0.3, 0.4) is 0 Å². The van der Waals surface area contributed by atoms with Gasteiger partial charge in [0.25, 0.3) is 10.0 Å². The standard InChI is InChI=1S/C25H25N3O5S2/c1-3-33-21-13-9-20(10-14-21)28-35(30,31)22-15-11-19(12-16-22)26-25(34)27-24(29)17-8-18-6-4-5-7-23(18)32-2/h4-17,28H,3H2,1-2H3,(H2,26,27,29,34)/b17-8+. The number of nitrogens with one attached hydrogen (secondary N) is 3. The molecule has 0 saturated carbocycles. The number of methoxy groups -OCH3 is 1. The summed E-state index contributed by atoms with van der Waals surface area (Å²) in [5, 5.41) is 5.46. The van der Waals surface area contributed by atoms with Crippen molar-refractivity contribution in [2.75, 3.05) is 23.8 Å². The molecule has 0 heterocycles. The number of para-hydroxylation sites is 1. The number of rotatable bonds is 9. The Morgan fingerprint density at radius 2 is 1.63 bits per heavy atom. The van der Waals surface area contributed by atoms with Crippen molar-refractivity contribution in [2.24, 2.45) is 0 Å². The summed E-state index contributed by atoms with van der Waals surface area (Å²) in [5.74, 6) is 0.876. The molecule has 0 unspecified atom stereocenters. The van der Waals surface area contributed by atoms with Crippen molar-refractivity contribution in [3.63, 3.8) is 0 Å². The van der Waals surface area contributed by atoms with Gasteiger partial charge in [-0.3, -0.25) is 14.8 Å². The predicted molar refractivity (Wildman–Crippen MR) is 141 cm³/mol. The first-order chi connectivity index (χ1) is 16.8. The summed E-state index contributed by atoms with van der Waals surface area (Å²) in [5.41, 5.74) is 1.68. The molecule has 3 N–H and O–H groups in total. The highest BCUT2D eigenvalue weighted by Gasteiger charge is 2.14. The normalized spacial score (nSPS) is 11.0. The fraction of sp³-hybridized carbons (Fsp3) is 0.120. The molecule has 0 saturated heterocycles. The van der Waals surface area contributed by atoms with Crippen LogP contribution in [-0.4, -0.2) is 33.2 Å². The lowest BCUT2D eigenvalue weighted by molar-refractivity contribution is -0.115. The average molecular weight is 512 g/mol. The quantitative estimate of drug-likeness (QED) is 0.288. The van der Waals surface area contributed by atoms with Gasteiger partial charge in [-0.05, 0) is 79.8 Å². The zero-order valence-corrected chi connectivity index (χ0v) is 20.8. The highest BCUT2D eigenvalue weighted by atomic mass is 32.2. The van der Waals surface area contributed by atoms with Crippen LogP contribution in [-0.2, 0) is 14.8 Å². The zero-order valence-electron chi connectivity index (χ0n) is 19.1. The van der Waals surface area contributed by atoms with E-state index in [4.69, 9.17) is 21.7 Å². The summed E-state index contributed by atoms with van der Waals surface area (Å²) in [6.45, 7) is 2.40. The van der Waals surface area contributed by atoms with Crippen LogP contribution in [0.1, 0.15) is 12.5 Å². The first-order valence-electron chi connectivity index (χ1n) is 10.6. The van der Waals surface area contributed by atoms with Crippen molar-refractivity contribution in [1.82, 2.24) is 5.32 Å². The molecule has 3 rings (SSSR count). The molecule has 0 aliphatic carbocycles. The van der Waals surface area contributed by atoms with E-state index in [2.05, 4.69) is 15.4 Å². The lowest BCUT2D eigenvalue weighted by Crippen LogP contribution is -2.32. The topological polar surface area (TPSA) is 106 Å².